The van der Waals surface area contributed by atoms with Crippen molar-refractivity contribution in [1.29, 1.82) is 0 Å². The van der Waals surface area contributed by atoms with Crippen LogP contribution in [-0.2, 0) is 11.2 Å². The maximum atomic E-state index is 13.5. The molecule has 1 saturated heterocycles. The Morgan fingerprint density at radius 1 is 1.53 bits per heavy atom. The first kappa shape index (κ1) is 12.5. The van der Waals surface area contributed by atoms with Crippen molar-refractivity contribution in [2.75, 3.05) is 13.1 Å². The zero-order chi connectivity index (χ0) is 12.3. The van der Waals surface area contributed by atoms with E-state index in [1.807, 2.05) is 0 Å². The third-order valence-corrected chi connectivity index (χ3v) is 3.52. The van der Waals surface area contributed by atoms with Gasteiger partial charge in [-0.05, 0) is 31.5 Å². The van der Waals surface area contributed by atoms with Gasteiger partial charge in [-0.3, -0.25) is 4.79 Å². The summed E-state index contributed by atoms with van der Waals surface area (Å²) >= 11 is 5.90. The van der Waals surface area contributed by atoms with E-state index in [2.05, 4.69) is 5.32 Å². The van der Waals surface area contributed by atoms with Crippen LogP contribution in [0.2, 0.25) is 5.02 Å². The van der Waals surface area contributed by atoms with Crippen LogP contribution in [0.4, 0.5) is 4.39 Å². The zero-order valence-electron chi connectivity index (χ0n) is 9.51. The minimum atomic E-state index is -0.394. The van der Waals surface area contributed by atoms with Crippen molar-refractivity contribution in [1.82, 2.24) is 5.32 Å². The minimum absolute atomic E-state index is 0.000534. The Balaban J connectivity index is 2.07. The van der Waals surface area contributed by atoms with E-state index in [1.54, 1.807) is 12.1 Å². The Labute approximate surface area is 105 Å². The molecule has 4 heteroatoms. The summed E-state index contributed by atoms with van der Waals surface area (Å²) in [6, 6.07) is 4.51. The second-order valence-corrected chi connectivity index (χ2v) is 4.79. The first-order valence-corrected chi connectivity index (χ1v) is 6.22. The van der Waals surface area contributed by atoms with Crippen LogP contribution in [-0.4, -0.2) is 18.9 Å². The van der Waals surface area contributed by atoms with Gasteiger partial charge in [0.15, 0.2) is 0 Å². The summed E-state index contributed by atoms with van der Waals surface area (Å²) in [5.41, 5.74) is 0.324. The molecule has 1 aliphatic rings. The molecule has 0 aliphatic carbocycles. The largest absolute Gasteiger partial charge is 0.316 e. The van der Waals surface area contributed by atoms with E-state index in [4.69, 9.17) is 11.6 Å². The molecule has 0 aromatic heterocycles. The lowest BCUT2D eigenvalue weighted by Crippen LogP contribution is -2.35. The Hall–Kier alpha value is -0.930. The zero-order valence-corrected chi connectivity index (χ0v) is 10.3. The number of carbonyl (C=O) groups excluding carboxylic acids is 1. The Morgan fingerprint density at radius 3 is 3.00 bits per heavy atom. The highest BCUT2D eigenvalue weighted by Crippen LogP contribution is 2.22. The average Bonchev–Trinajstić information content (AvgIpc) is 2.35. The van der Waals surface area contributed by atoms with Gasteiger partial charge in [0.05, 0.1) is 0 Å². The molecule has 1 aromatic rings. The molecule has 2 rings (SSSR count). The van der Waals surface area contributed by atoms with Crippen molar-refractivity contribution in [2.45, 2.75) is 19.3 Å². The van der Waals surface area contributed by atoms with E-state index in [-0.39, 0.29) is 18.1 Å². The van der Waals surface area contributed by atoms with Gasteiger partial charge in [-0.2, -0.15) is 0 Å². The van der Waals surface area contributed by atoms with E-state index in [0.717, 1.165) is 19.4 Å². The summed E-state index contributed by atoms with van der Waals surface area (Å²) in [5.74, 6) is -0.321. The molecule has 17 heavy (non-hydrogen) atoms. The van der Waals surface area contributed by atoms with Gasteiger partial charge >= 0.3 is 0 Å². The second kappa shape index (κ2) is 5.61. The number of Topliss-reactive ketones (excluding diaryl/α,β-unsaturated/α-hetero) is 1. The van der Waals surface area contributed by atoms with Crippen LogP contribution >= 0.6 is 11.6 Å². The van der Waals surface area contributed by atoms with E-state index < -0.39 is 5.82 Å². The van der Waals surface area contributed by atoms with Gasteiger partial charge in [-0.15, -0.1) is 0 Å². The average molecular weight is 256 g/mol. The summed E-state index contributed by atoms with van der Waals surface area (Å²) in [7, 11) is 0. The summed E-state index contributed by atoms with van der Waals surface area (Å²) in [6.45, 7) is 1.66. The lowest BCUT2D eigenvalue weighted by Gasteiger charge is -2.21. The van der Waals surface area contributed by atoms with Crippen LogP contribution in [0, 0.1) is 11.7 Å². The van der Waals surface area contributed by atoms with Crippen LogP contribution in [0.15, 0.2) is 18.2 Å². The quantitative estimate of drug-likeness (QED) is 0.900. The number of rotatable bonds is 3. The number of hydrogen-bond donors (Lipinski definition) is 1. The summed E-state index contributed by atoms with van der Waals surface area (Å²) in [6.07, 6.45) is 1.98. The van der Waals surface area contributed by atoms with Crippen molar-refractivity contribution in [2.24, 2.45) is 5.92 Å². The molecule has 92 valence electrons. The van der Waals surface area contributed by atoms with Gasteiger partial charge in [-0.1, -0.05) is 17.7 Å². The minimum Gasteiger partial charge on any atom is -0.316 e. The van der Waals surface area contributed by atoms with Crippen molar-refractivity contribution < 1.29 is 9.18 Å². The molecule has 2 nitrogen and oxygen atoms in total. The van der Waals surface area contributed by atoms with Crippen LogP contribution in [0.25, 0.3) is 0 Å². The predicted molar refractivity (Wildman–Crippen MR) is 65.7 cm³/mol. The SMILES string of the molecule is O=C(Cc1c(F)cccc1Cl)C1CCCNC1. The number of piperidine rings is 1. The number of nitrogens with one attached hydrogen (secondary N) is 1. The number of halogens is 2. The van der Waals surface area contributed by atoms with Gasteiger partial charge in [0.1, 0.15) is 11.6 Å². The fourth-order valence-electron chi connectivity index (χ4n) is 2.15. The molecular formula is C13H15ClFNO. The number of ketones is 1. The third kappa shape index (κ3) is 3.05. The van der Waals surface area contributed by atoms with Crippen LogP contribution in [0.3, 0.4) is 0 Å². The second-order valence-electron chi connectivity index (χ2n) is 4.39. The van der Waals surface area contributed by atoms with Crippen molar-refractivity contribution in [3.63, 3.8) is 0 Å². The first-order valence-electron chi connectivity index (χ1n) is 5.85. The summed E-state index contributed by atoms with van der Waals surface area (Å²) in [5, 5.41) is 3.52. The number of hydrogen-bond acceptors (Lipinski definition) is 2. The molecule has 1 heterocycles. The maximum Gasteiger partial charge on any atom is 0.141 e. The molecular weight excluding hydrogens is 241 g/mol. The van der Waals surface area contributed by atoms with E-state index in [9.17, 15) is 9.18 Å². The van der Waals surface area contributed by atoms with Crippen molar-refractivity contribution >= 4 is 17.4 Å². The highest BCUT2D eigenvalue weighted by atomic mass is 35.5. The lowest BCUT2D eigenvalue weighted by atomic mass is 9.91. The van der Waals surface area contributed by atoms with Gasteiger partial charge in [-0.25, -0.2) is 4.39 Å². The van der Waals surface area contributed by atoms with Gasteiger partial charge in [0.25, 0.3) is 0 Å². The molecule has 0 amide bonds. The molecule has 1 unspecified atom stereocenters. The predicted octanol–water partition coefficient (Wildman–Crippen LogP) is 2.59. The number of benzene rings is 1. The van der Waals surface area contributed by atoms with Crippen molar-refractivity contribution in [3.8, 4) is 0 Å². The molecule has 1 fully saturated rings. The Morgan fingerprint density at radius 2 is 2.35 bits per heavy atom. The van der Waals surface area contributed by atoms with Crippen LogP contribution in [0.1, 0.15) is 18.4 Å². The Bertz CT molecular complexity index is 396. The standard InChI is InChI=1S/C13H15ClFNO/c14-11-4-1-5-12(15)10(11)7-13(17)9-3-2-6-16-8-9/h1,4-5,9,16H,2-3,6-8H2. The smallest absolute Gasteiger partial charge is 0.141 e. The molecule has 1 atom stereocenters. The molecule has 1 aliphatic heterocycles. The number of carbonyl (C=O) groups is 1. The van der Waals surface area contributed by atoms with Gasteiger partial charge < -0.3 is 5.32 Å². The lowest BCUT2D eigenvalue weighted by molar-refractivity contribution is -0.122. The van der Waals surface area contributed by atoms with Crippen LogP contribution < -0.4 is 5.32 Å². The highest BCUT2D eigenvalue weighted by molar-refractivity contribution is 6.31. The molecule has 0 bridgehead atoms. The molecule has 0 spiro atoms. The third-order valence-electron chi connectivity index (χ3n) is 3.16. The monoisotopic (exact) mass is 255 g/mol. The molecule has 0 radical (unpaired) electrons. The topological polar surface area (TPSA) is 29.1 Å². The molecule has 1 aromatic carbocycles. The van der Waals surface area contributed by atoms with E-state index in [0.29, 0.717) is 17.1 Å². The molecule has 1 N–H and O–H groups in total. The van der Waals surface area contributed by atoms with Crippen LogP contribution in [0.5, 0.6) is 0 Å². The van der Waals surface area contributed by atoms with Gasteiger partial charge in [0, 0.05) is 29.5 Å². The summed E-state index contributed by atoms with van der Waals surface area (Å²) in [4.78, 5) is 12.0. The van der Waals surface area contributed by atoms with E-state index in [1.165, 1.54) is 6.07 Å². The van der Waals surface area contributed by atoms with Gasteiger partial charge in [0.2, 0.25) is 0 Å². The fourth-order valence-corrected chi connectivity index (χ4v) is 2.38. The normalized spacial score (nSPS) is 20.2. The molecule has 0 saturated carbocycles. The van der Waals surface area contributed by atoms with Crippen molar-refractivity contribution in [3.05, 3.63) is 34.6 Å². The summed E-state index contributed by atoms with van der Waals surface area (Å²) < 4.78 is 13.5. The maximum absolute atomic E-state index is 13.5. The Kier molecular flexibility index (Phi) is 4.13. The fraction of sp³-hybridized carbons (Fsp3) is 0.462. The van der Waals surface area contributed by atoms with E-state index >= 15 is 0 Å². The highest BCUT2D eigenvalue weighted by Gasteiger charge is 2.22. The first-order chi connectivity index (χ1) is 8.18.